The molecular weight excluding hydrogens is 314 g/mol. The minimum atomic E-state index is -0.835. The Morgan fingerprint density at radius 3 is 2.29 bits per heavy atom. The highest BCUT2D eigenvalue weighted by molar-refractivity contribution is 5.96. The van der Waals surface area contributed by atoms with Crippen LogP contribution in [0, 0.1) is 11.6 Å². The Labute approximate surface area is 138 Å². The Bertz CT molecular complexity index is 734. The molecule has 2 aromatic carbocycles. The molecule has 1 unspecified atom stereocenters. The van der Waals surface area contributed by atoms with Gasteiger partial charge in [-0.2, -0.15) is 0 Å². The topological polar surface area (TPSA) is 58.2 Å². The summed E-state index contributed by atoms with van der Waals surface area (Å²) in [6, 6.07) is 11.1. The quantitative estimate of drug-likeness (QED) is 0.854. The predicted molar refractivity (Wildman–Crippen MR) is 87.4 cm³/mol. The van der Waals surface area contributed by atoms with Crippen molar-refractivity contribution in [3.8, 4) is 0 Å². The number of para-hydroxylation sites is 1. The summed E-state index contributed by atoms with van der Waals surface area (Å²) in [5.74, 6) is -1.83. The minimum absolute atomic E-state index is 0.0509. The molecule has 2 aromatic rings. The monoisotopic (exact) mass is 332 g/mol. The average molecular weight is 332 g/mol. The van der Waals surface area contributed by atoms with Gasteiger partial charge in [0.25, 0.3) is 0 Å². The van der Waals surface area contributed by atoms with Crippen LogP contribution in [0.2, 0.25) is 0 Å². The normalized spacial score (nSPS) is 11.6. The van der Waals surface area contributed by atoms with Gasteiger partial charge < -0.3 is 10.6 Å². The molecule has 2 rings (SSSR count). The van der Waals surface area contributed by atoms with Crippen LogP contribution in [0.5, 0.6) is 0 Å². The molecule has 4 nitrogen and oxygen atoms in total. The van der Waals surface area contributed by atoms with Crippen molar-refractivity contribution in [3.63, 3.8) is 0 Å². The molecule has 24 heavy (non-hydrogen) atoms. The molecule has 0 fully saturated rings. The van der Waals surface area contributed by atoms with Gasteiger partial charge in [0.2, 0.25) is 11.8 Å². The van der Waals surface area contributed by atoms with Crippen molar-refractivity contribution in [1.29, 1.82) is 0 Å². The number of aryl methyl sites for hydroxylation is 1. The summed E-state index contributed by atoms with van der Waals surface area (Å²) in [7, 11) is 0. The largest absolute Gasteiger partial charge is 0.345 e. The Morgan fingerprint density at radius 2 is 1.62 bits per heavy atom. The van der Waals surface area contributed by atoms with E-state index >= 15 is 0 Å². The zero-order valence-corrected chi connectivity index (χ0v) is 13.2. The van der Waals surface area contributed by atoms with Crippen LogP contribution in [0.1, 0.15) is 18.9 Å². The maximum Gasteiger partial charge on any atom is 0.246 e. The number of carbonyl (C=O) groups excluding carboxylic acids is 2. The average Bonchev–Trinajstić information content (AvgIpc) is 2.56. The number of nitrogens with one attached hydrogen (secondary N) is 2. The van der Waals surface area contributed by atoms with E-state index in [0.717, 1.165) is 0 Å². The molecule has 0 aliphatic carbocycles. The van der Waals surface area contributed by atoms with Gasteiger partial charge in [0.1, 0.15) is 17.7 Å². The molecule has 0 saturated heterocycles. The van der Waals surface area contributed by atoms with Crippen molar-refractivity contribution in [3.05, 3.63) is 65.7 Å². The van der Waals surface area contributed by atoms with E-state index in [1.165, 1.54) is 31.2 Å². The fraction of sp³-hybridized carbons (Fsp3) is 0.222. The third-order valence-corrected chi connectivity index (χ3v) is 3.48. The van der Waals surface area contributed by atoms with Crippen LogP contribution in [-0.4, -0.2) is 17.9 Å². The Hall–Kier alpha value is -2.76. The standard InChI is InChI=1S/C18H18F2N2O2/c1-12(18(24)22-16-9-5-4-8-15(16)20)21-17(23)11-10-13-6-2-3-7-14(13)19/h2-9,12H,10-11H2,1H3,(H,21,23)(H,22,24). The number of amides is 2. The molecule has 0 aliphatic heterocycles. The number of rotatable bonds is 6. The molecule has 0 heterocycles. The first-order valence-electron chi connectivity index (χ1n) is 7.55. The summed E-state index contributed by atoms with van der Waals surface area (Å²) in [5.41, 5.74) is 0.492. The molecule has 126 valence electrons. The van der Waals surface area contributed by atoms with Crippen LogP contribution in [0.3, 0.4) is 0 Å². The van der Waals surface area contributed by atoms with Gasteiger partial charge in [0.15, 0.2) is 0 Å². The second-order valence-corrected chi connectivity index (χ2v) is 5.35. The predicted octanol–water partition coefficient (Wildman–Crippen LogP) is 3.04. The van der Waals surface area contributed by atoms with Gasteiger partial charge in [-0.15, -0.1) is 0 Å². The SMILES string of the molecule is CC(NC(=O)CCc1ccccc1F)C(=O)Nc1ccccc1F. The number of halogens is 2. The molecule has 0 saturated carbocycles. The highest BCUT2D eigenvalue weighted by Crippen LogP contribution is 2.13. The summed E-state index contributed by atoms with van der Waals surface area (Å²) in [4.78, 5) is 23.9. The van der Waals surface area contributed by atoms with Gasteiger partial charge in [-0.05, 0) is 37.1 Å². The van der Waals surface area contributed by atoms with Crippen LogP contribution in [0.25, 0.3) is 0 Å². The van der Waals surface area contributed by atoms with Crippen molar-refractivity contribution in [2.24, 2.45) is 0 Å². The van der Waals surface area contributed by atoms with Crippen LogP contribution < -0.4 is 10.6 Å². The lowest BCUT2D eigenvalue weighted by molar-refractivity contribution is -0.126. The first kappa shape index (κ1) is 17.6. The highest BCUT2D eigenvalue weighted by atomic mass is 19.1. The van der Waals surface area contributed by atoms with Crippen LogP contribution in [0.4, 0.5) is 14.5 Å². The molecule has 6 heteroatoms. The Balaban J connectivity index is 1.84. The summed E-state index contributed by atoms with van der Waals surface area (Å²) in [6.07, 6.45) is 0.290. The molecule has 1 atom stereocenters. The first-order chi connectivity index (χ1) is 11.5. The highest BCUT2D eigenvalue weighted by Gasteiger charge is 2.17. The molecule has 2 N–H and O–H groups in total. The first-order valence-corrected chi connectivity index (χ1v) is 7.55. The number of hydrogen-bond acceptors (Lipinski definition) is 2. The molecule has 2 amide bonds. The van der Waals surface area contributed by atoms with Crippen molar-refractivity contribution in [2.75, 3.05) is 5.32 Å². The minimum Gasteiger partial charge on any atom is -0.345 e. The lowest BCUT2D eigenvalue weighted by Gasteiger charge is -2.14. The maximum absolute atomic E-state index is 13.5. The molecule has 0 bridgehead atoms. The number of hydrogen-bond donors (Lipinski definition) is 2. The summed E-state index contributed by atoms with van der Waals surface area (Å²) >= 11 is 0. The van der Waals surface area contributed by atoms with E-state index in [1.807, 2.05) is 0 Å². The second kappa shape index (κ2) is 8.19. The summed E-state index contributed by atoms with van der Waals surface area (Å²) in [5, 5.41) is 4.92. The van der Waals surface area contributed by atoms with E-state index in [9.17, 15) is 18.4 Å². The van der Waals surface area contributed by atoms with Crippen LogP contribution in [0.15, 0.2) is 48.5 Å². The smallest absolute Gasteiger partial charge is 0.246 e. The van der Waals surface area contributed by atoms with Gasteiger partial charge in [0, 0.05) is 6.42 Å². The maximum atomic E-state index is 13.5. The van der Waals surface area contributed by atoms with Crippen molar-refractivity contribution in [1.82, 2.24) is 5.32 Å². The van der Waals surface area contributed by atoms with Gasteiger partial charge >= 0.3 is 0 Å². The number of benzene rings is 2. The van der Waals surface area contributed by atoms with Gasteiger partial charge in [0.05, 0.1) is 5.69 Å². The number of carbonyl (C=O) groups is 2. The van der Waals surface area contributed by atoms with E-state index in [-0.39, 0.29) is 30.3 Å². The molecule has 0 spiro atoms. The zero-order valence-electron chi connectivity index (χ0n) is 13.2. The molecule has 0 radical (unpaired) electrons. The van der Waals surface area contributed by atoms with E-state index in [4.69, 9.17) is 0 Å². The fourth-order valence-corrected chi connectivity index (χ4v) is 2.13. The Kier molecular flexibility index (Phi) is 6.01. The Morgan fingerprint density at radius 1 is 1.00 bits per heavy atom. The number of anilines is 1. The van der Waals surface area contributed by atoms with Crippen LogP contribution in [-0.2, 0) is 16.0 Å². The third-order valence-electron chi connectivity index (χ3n) is 3.48. The van der Waals surface area contributed by atoms with Gasteiger partial charge in [-0.3, -0.25) is 9.59 Å². The fourth-order valence-electron chi connectivity index (χ4n) is 2.13. The van der Waals surface area contributed by atoms with Gasteiger partial charge in [-0.25, -0.2) is 8.78 Å². The third kappa shape index (κ3) is 4.87. The second-order valence-electron chi connectivity index (χ2n) is 5.35. The molecular formula is C18H18F2N2O2. The van der Waals surface area contributed by atoms with Gasteiger partial charge in [-0.1, -0.05) is 30.3 Å². The van der Waals surface area contributed by atoms with Crippen molar-refractivity contribution < 1.29 is 18.4 Å². The summed E-state index contributed by atoms with van der Waals surface area (Å²) in [6.45, 7) is 1.50. The van der Waals surface area contributed by atoms with E-state index in [1.54, 1.807) is 24.3 Å². The lowest BCUT2D eigenvalue weighted by Crippen LogP contribution is -2.41. The van der Waals surface area contributed by atoms with E-state index in [0.29, 0.717) is 5.56 Å². The lowest BCUT2D eigenvalue weighted by atomic mass is 10.1. The molecule has 0 aromatic heterocycles. The zero-order chi connectivity index (χ0) is 17.5. The van der Waals surface area contributed by atoms with E-state index < -0.39 is 17.8 Å². The van der Waals surface area contributed by atoms with Crippen molar-refractivity contribution in [2.45, 2.75) is 25.8 Å². The molecule has 0 aliphatic rings. The van der Waals surface area contributed by atoms with Crippen LogP contribution >= 0.6 is 0 Å². The van der Waals surface area contributed by atoms with Crippen molar-refractivity contribution >= 4 is 17.5 Å². The summed E-state index contributed by atoms with van der Waals surface area (Å²) < 4.78 is 27.0. The van der Waals surface area contributed by atoms with E-state index in [2.05, 4.69) is 10.6 Å².